The number of H-pyrrole nitrogens is 1. The summed E-state index contributed by atoms with van der Waals surface area (Å²) in [6.45, 7) is 16.0. The number of likely N-dealkylation sites (tertiary alicyclic amines) is 2. The highest BCUT2D eigenvalue weighted by Crippen LogP contribution is 2.30. The van der Waals surface area contributed by atoms with Crippen molar-refractivity contribution in [1.82, 2.24) is 40.7 Å². The van der Waals surface area contributed by atoms with Crippen LogP contribution in [0.4, 0.5) is 14.6 Å². The van der Waals surface area contributed by atoms with Crippen LogP contribution in [-0.4, -0.2) is 94.3 Å². The molecule has 0 aliphatic carbocycles. The van der Waals surface area contributed by atoms with Crippen LogP contribution in [0.3, 0.4) is 0 Å². The van der Waals surface area contributed by atoms with Crippen molar-refractivity contribution in [2.24, 2.45) is 16.7 Å². The van der Waals surface area contributed by atoms with Crippen LogP contribution in [0.25, 0.3) is 16.8 Å². The fourth-order valence-electron chi connectivity index (χ4n) is 6.26. The monoisotopic (exact) mass is 750 g/mol. The number of anilines is 1. The molecule has 1 unspecified atom stereocenters. The molecular weight excluding hydrogens is 698 g/mol. The second kappa shape index (κ2) is 17.5. The van der Waals surface area contributed by atoms with E-state index in [1.807, 2.05) is 13.8 Å². The molecule has 0 radical (unpaired) electrons. The van der Waals surface area contributed by atoms with E-state index in [9.17, 15) is 9.59 Å². The maximum absolute atomic E-state index is 15.4. The van der Waals surface area contributed by atoms with E-state index in [1.54, 1.807) is 32.0 Å². The molecule has 0 spiro atoms. The third-order valence-corrected chi connectivity index (χ3v) is 10.2. The molecule has 2 saturated heterocycles. The van der Waals surface area contributed by atoms with E-state index in [0.29, 0.717) is 48.7 Å². The van der Waals surface area contributed by atoms with E-state index in [0.717, 1.165) is 32.6 Å². The summed E-state index contributed by atoms with van der Waals surface area (Å²) in [6.07, 6.45) is 8.53. The van der Waals surface area contributed by atoms with Crippen LogP contribution >= 0.6 is 0 Å². The molecule has 0 aromatic carbocycles. The van der Waals surface area contributed by atoms with E-state index in [4.69, 9.17) is 15.3 Å². The lowest BCUT2D eigenvalue weighted by molar-refractivity contribution is -0.129. The molecule has 6 N–H and O–H groups in total. The normalized spacial score (nSPS) is 17.2. The number of carbonyl (C=O) groups excluding carboxylic acids is 2. The summed E-state index contributed by atoms with van der Waals surface area (Å²) in [5.74, 6) is 3.75. The van der Waals surface area contributed by atoms with Gasteiger partial charge in [0.15, 0.2) is 23.3 Å². The first kappa shape index (κ1) is 40.3. The molecule has 3 aromatic rings. The number of rotatable bonds is 17. The van der Waals surface area contributed by atoms with Crippen molar-refractivity contribution in [3.05, 3.63) is 66.4 Å². The van der Waals surface area contributed by atoms with E-state index in [-0.39, 0.29) is 34.9 Å². The van der Waals surface area contributed by atoms with Gasteiger partial charge in [0.25, 0.3) is 0 Å². The Morgan fingerprint density at radius 2 is 1.74 bits per heavy atom. The van der Waals surface area contributed by atoms with Crippen LogP contribution < -0.4 is 31.4 Å². The van der Waals surface area contributed by atoms with E-state index in [2.05, 4.69) is 52.6 Å². The number of allylic oxidation sites excluding steroid dienone is 2. The van der Waals surface area contributed by atoms with Gasteiger partial charge in [-0.1, -0.05) is 34.3 Å². The zero-order valence-electron chi connectivity index (χ0n) is 31.7. The molecular formula is C38H52F2N10O4. The molecule has 0 saturated carbocycles. The van der Waals surface area contributed by atoms with Gasteiger partial charge in [-0.15, -0.1) is 0 Å². The molecule has 14 nitrogen and oxygen atoms in total. The molecule has 2 aliphatic rings. The van der Waals surface area contributed by atoms with Crippen molar-refractivity contribution in [3.63, 3.8) is 0 Å². The van der Waals surface area contributed by atoms with Crippen LogP contribution in [-0.2, 0) is 9.59 Å². The van der Waals surface area contributed by atoms with Gasteiger partial charge in [-0.25, -0.2) is 19.6 Å². The molecule has 16 heteroatoms. The largest absolute Gasteiger partial charge is 0.495 e. The zero-order valence-corrected chi connectivity index (χ0v) is 31.7. The lowest BCUT2D eigenvalue weighted by Gasteiger charge is -2.27. The molecule has 292 valence electrons. The molecule has 1 atom stereocenters. The second-order valence-corrected chi connectivity index (χ2v) is 15.1. The number of nitrogens with zero attached hydrogens (tertiary/aromatic N) is 5. The standard InChI is InChI=1S/C38H52F2N10O4/c1-24(26-19-28(53-6)22-42-20-26)30(39)33(46-41)44-35(51)38(4,5)13-18-50-16-11-27(23-50)54-29-10-9-25(21-43-29)32-31(40)34(48-47-32)45-36(52)37(2,3)12-17-49-14-7-8-15-49/h9-10,19-22,27,46H,1,7-8,11-18,23,41H2,2-6H3,(H,44,51)(H2,45,47,48,52)/b33-30+. The summed E-state index contributed by atoms with van der Waals surface area (Å²) < 4.78 is 42.0. The third kappa shape index (κ3) is 9.98. The molecule has 54 heavy (non-hydrogen) atoms. The number of pyridine rings is 2. The number of aromatic amines is 1. The minimum atomic E-state index is -0.869. The minimum Gasteiger partial charge on any atom is -0.495 e. The van der Waals surface area contributed by atoms with Crippen LogP contribution in [0, 0.1) is 16.6 Å². The molecule has 2 aliphatic heterocycles. The molecule has 2 fully saturated rings. The Hall–Kier alpha value is -4.93. The topological polar surface area (TPSA) is 176 Å². The molecule has 5 rings (SSSR count). The predicted molar refractivity (Wildman–Crippen MR) is 202 cm³/mol. The fourth-order valence-corrected chi connectivity index (χ4v) is 6.26. The Kier molecular flexibility index (Phi) is 13.0. The number of amides is 2. The van der Waals surface area contributed by atoms with Crippen LogP contribution in [0.2, 0.25) is 0 Å². The number of nitrogens with two attached hydrogens (primary N) is 1. The summed E-state index contributed by atoms with van der Waals surface area (Å²) in [7, 11) is 1.47. The Bertz CT molecular complexity index is 1820. The summed E-state index contributed by atoms with van der Waals surface area (Å²) >= 11 is 0. The second-order valence-electron chi connectivity index (χ2n) is 15.1. The summed E-state index contributed by atoms with van der Waals surface area (Å²) in [5, 5.41) is 11.9. The lowest BCUT2D eigenvalue weighted by atomic mass is 9.88. The number of aromatic nitrogens is 4. The maximum atomic E-state index is 15.4. The minimum absolute atomic E-state index is 0.0225. The van der Waals surface area contributed by atoms with Gasteiger partial charge in [-0.05, 0) is 70.4 Å². The van der Waals surface area contributed by atoms with E-state index >= 15 is 8.78 Å². The first-order valence-corrected chi connectivity index (χ1v) is 18.2. The number of ether oxygens (including phenoxy) is 2. The number of hydrogen-bond donors (Lipinski definition) is 5. The van der Waals surface area contributed by atoms with Crippen LogP contribution in [0.15, 0.2) is 55.0 Å². The fraction of sp³-hybridized carbons (Fsp3) is 0.500. The molecule has 5 heterocycles. The highest BCUT2D eigenvalue weighted by molar-refractivity contribution is 5.94. The van der Waals surface area contributed by atoms with Gasteiger partial charge in [0.05, 0.1) is 13.3 Å². The maximum Gasteiger partial charge on any atom is 0.231 e. The zero-order chi connectivity index (χ0) is 39.0. The van der Waals surface area contributed by atoms with Gasteiger partial charge in [-0.2, -0.15) is 5.10 Å². The average Bonchev–Trinajstić information content (AvgIpc) is 3.94. The highest BCUT2D eigenvalue weighted by atomic mass is 19.1. The van der Waals surface area contributed by atoms with Crippen molar-refractivity contribution in [2.45, 2.75) is 65.9 Å². The Morgan fingerprint density at radius 1 is 1.04 bits per heavy atom. The smallest absolute Gasteiger partial charge is 0.231 e. The van der Waals surface area contributed by atoms with Gasteiger partial charge in [0, 0.05) is 59.1 Å². The highest BCUT2D eigenvalue weighted by Gasteiger charge is 2.33. The Labute approximate surface area is 314 Å². The number of nitrogens with one attached hydrogen (secondary N) is 4. The van der Waals surface area contributed by atoms with Crippen LogP contribution in [0.1, 0.15) is 65.4 Å². The van der Waals surface area contributed by atoms with E-state index in [1.165, 1.54) is 38.5 Å². The summed E-state index contributed by atoms with van der Waals surface area (Å²) in [6, 6.07) is 4.93. The number of halogens is 2. The van der Waals surface area contributed by atoms with Crippen molar-refractivity contribution >= 4 is 23.2 Å². The van der Waals surface area contributed by atoms with Crippen molar-refractivity contribution < 1.29 is 27.8 Å². The Morgan fingerprint density at radius 3 is 2.41 bits per heavy atom. The molecule has 0 bridgehead atoms. The van der Waals surface area contributed by atoms with Gasteiger partial charge in [0.1, 0.15) is 17.5 Å². The van der Waals surface area contributed by atoms with Gasteiger partial charge in [0.2, 0.25) is 17.7 Å². The first-order valence-electron chi connectivity index (χ1n) is 18.2. The van der Waals surface area contributed by atoms with E-state index < -0.39 is 28.4 Å². The van der Waals surface area contributed by atoms with Gasteiger partial charge >= 0.3 is 0 Å². The SMILES string of the molecule is C=C(/C(F)=C(\NN)NC(=O)C(C)(C)CCN1CCC(Oc2ccc(-c3[nH]nc(NC(=O)C(C)(C)CCN4CCCC4)c3F)cn2)C1)c1cncc(OC)c1. The summed E-state index contributed by atoms with van der Waals surface area (Å²) in [5.41, 5.74) is 1.60. The number of methoxy groups -OCH3 is 1. The average molecular weight is 751 g/mol. The first-order chi connectivity index (χ1) is 25.7. The predicted octanol–water partition coefficient (Wildman–Crippen LogP) is 4.77. The number of carbonyl (C=O) groups is 2. The number of hydrazine groups is 1. The van der Waals surface area contributed by atoms with Crippen molar-refractivity contribution in [1.29, 1.82) is 0 Å². The van der Waals surface area contributed by atoms with Gasteiger partial charge in [-0.3, -0.25) is 24.6 Å². The van der Waals surface area contributed by atoms with Gasteiger partial charge < -0.3 is 30.4 Å². The number of hydrogen-bond acceptors (Lipinski definition) is 11. The quantitative estimate of drug-likeness (QED) is 0.0731. The summed E-state index contributed by atoms with van der Waals surface area (Å²) in [4.78, 5) is 39.2. The molecule has 3 aromatic heterocycles. The Balaban J connectivity index is 1.09. The van der Waals surface area contributed by atoms with Crippen LogP contribution in [0.5, 0.6) is 11.6 Å². The molecule has 2 amide bonds. The lowest BCUT2D eigenvalue weighted by Crippen LogP contribution is -2.43. The van der Waals surface area contributed by atoms with Crippen molar-refractivity contribution in [3.8, 4) is 22.9 Å². The van der Waals surface area contributed by atoms with Crippen molar-refractivity contribution in [2.75, 3.05) is 51.7 Å². The third-order valence-electron chi connectivity index (χ3n) is 10.2.